The Kier molecular flexibility index (Phi) is 3.44. The van der Waals surface area contributed by atoms with Crippen molar-refractivity contribution in [1.82, 2.24) is 0 Å². The minimum atomic E-state index is -2.22. The Balaban J connectivity index is 4.71. The lowest BCUT2D eigenvalue weighted by atomic mass is 9.92. The van der Waals surface area contributed by atoms with Gasteiger partial charge in [-0.3, -0.25) is 0 Å². The normalized spacial score (nSPS) is 22.9. The molecule has 0 saturated carbocycles. The van der Waals surface area contributed by atoms with Crippen molar-refractivity contribution in [2.24, 2.45) is 0 Å². The lowest BCUT2D eigenvalue weighted by molar-refractivity contribution is -0.160. The van der Waals surface area contributed by atoms with Gasteiger partial charge in [0.25, 0.3) is 0 Å². The average Bonchev–Trinajstić information content (AvgIpc) is 2.33. The second-order valence-corrected chi connectivity index (χ2v) is 3.16. The number of hydrogen-bond acceptors (Lipinski definition) is 6. The first kappa shape index (κ1) is 10.0. The molecule has 5 N–H and O–H groups in total. The number of rotatable bonds is 5. The molecular weight excluding hydrogens is 192 g/mol. The molecule has 0 aliphatic heterocycles. The monoisotopic (exact) mass is 210 g/mol. The van der Waals surface area contributed by atoms with Gasteiger partial charge in [-0.2, -0.15) is 0 Å². The van der Waals surface area contributed by atoms with Crippen LogP contribution < -0.4 is 0 Å². The van der Waals surface area contributed by atoms with Gasteiger partial charge in [-0.05, 0) is 13.8 Å². The van der Waals surface area contributed by atoms with E-state index in [-0.39, 0.29) is 6.29 Å². The molecule has 0 saturated heterocycles. The largest absolute Gasteiger partial charge is 0.388 e. The molecule has 0 unspecified atom stereocenters. The van der Waals surface area contributed by atoms with Crippen molar-refractivity contribution in [2.45, 2.75) is 43.8 Å². The van der Waals surface area contributed by atoms with E-state index in [0.29, 0.717) is 0 Å². The summed E-state index contributed by atoms with van der Waals surface area (Å²) in [4.78, 5) is 10.1. The number of aldehydes is 1. The number of carbonyl (C=O) groups excluding carboxylic acids is 1. The van der Waals surface area contributed by atoms with Gasteiger partial charge < -0.3 is 30.3 Å². The summed E-state index contributed by atoms with van der Waals surface area (Å²) in [6.45, 7) is -1.53. The highest BCUT2D eigenvalue weighted by molar-refractivity contribution is 5.56. The number of hydrogen-bond donors (Lipinski definition) is 5. The molecule has 0 spiro atoms. The average molecular weight is 210 g/mol. The molecule has 14 heavy (non-hydrogen) atoms. The van der Waals surface area contributed by atoms with Crippen LogP contribution in [0.25, 0.3) is 0 Å². The van der Waals surface area contributed by atoms with Crippen LogP contribution in [-0.4, -0.2) is 61.8 Å². The van der Waals surface area contributed by atoms with E-state index >= 15 is 0 Å². The molecule has 6 nitrogen and oxygen atoms in total. The first-order valence-electron chi connectivity index (χ1n) is 5.24. The van der Waals surface area contributed by atoms with Crippen molar-refractivity contribution in [1.29, 1.82) is 0 Å². The van der Waals surface area contributed by atoms with E-state index in [1.165, 1.54) is 0 Å². The standard InChI is InChI=1S/C8H16O6/c1-8(2,14)7(13)6(12)5(11)4(10)3-9/h3-7,10-14H,1-2H3/t4-,5+,6-,7-/m0/s1/i1D,2D. The van der Waals surface area contributed by atoms with Gasteiger partial charge in [0.2, 0.25) is 0 Å². The third kappa shape index (κ3) is 3.32. The fraction of sp³-hybridized carbons (Fsp3) is 0.875. The summed E-state index contributed by atoms with van der Waals surface area (Å²) >= 11 is 0. The molecule has 0 aromatic heterocycles. The highest BCUT2D eigenvalue weighted by Crippen LogP contribution is 2.15. The van der Waals surface area contributed by atoms with Gasteiger partial charge in [0.15, 0.2) is 6.29 Å². The maximum absolute atomic E-state index is 10.1. The highest BCUT2D eigenvalue weighted by atomic mass is 16.4. The Morgan fingerprint density at radius 2 is 1.71 bits per heavy atom. The van der Waals surface area contributed by atoms with Crippen LogP contribution in [0.4, 0.5) is 0 Å². The summed E-state index contributed by atoms with van der Waals surface area (Å²) in [6.07, 6.45) is -7.98. The fourth-order valence-corrected chi connectivity index (χ4v) is 0.787. The number of aliphatic hydroxyl groups excluding tert-OH is 4. The summed E-state index contributed by atoms with van der Waals surface area (Å²) < 4.78 is 13.8. The zero-order valence-electron chi connectivity index (χ0n) is 9.45. The predicted molar refractivity (Wildman–Crippen MR) is 46.4 cm³/mol. The van der Waals surface area contributed by atoms with E-state index in [9.17, 15) is 25.2 Å². The summed E-state index contributed by atoms with van der Waals surface area (Å²) in [5.41, 5.74) is -2.22. The second-order valence-electron chi connectivity index (χ2n) is 3.16. The molecule has 0 amide bonds. The first-order chi connectivity index (χ1) is 7.33. The van der Waals surface area contributed by atoms with Crippen molar-refractivity contribution in [3.05, 3.63) is 0 Å². The maximum atomic E-state index is 10.1. The molecular formula is C8H16O6. The van der Waals surface area contributed by atoms with E-state index in [4.69, 9.17) is 7.85 Å². The zero-order valence-corrected chi connectivity index (χ0v) is 7.45. The molecule has 6 heteroatoms. The molecule has 0 fully saturated rings. The van der Waals surface area contributed by atoms with Crippen molar-refractivity contribution in [2.75, 3.05) is 0 Å². The van der Waals surface area contributed by atoms with Crippen LogP contribution in [0.5, 0.6) is 0 Å². The molecule has 0 rings (SSSR count). The van der Waals surface area contributed by atoms with Gasteiger partial charge in [0, 0.05) is 2.74 Å². The Hall–Kier alpha value is -0.530. The Labute approximate surface area is 84.2 Å². The number of aliphatic hydroxyl groups is 5. The van der Waals surface area contributed by atoms with Crippen molar-refractivity contribution in [3.63, 3.8) is 0 Å². The summed E-state index contributed by atoms with van der Waals surface area (Å²) in [5.74, 6) is 0. The second kappa shape index (κ2) is 4.81. The maximum Gasteiger partial charge on any atom is 0.151 e. The molecule has 84 valence electrons. The van der Waals surface area contributed by atoms with Gasteiger partial charge in [-0.15, -0.1) is 0 Å². The van der Waals surface area contributed by atoms with Gasteiger partial charge in [0.1, 0.15) is 24.4 Å². The topological polar surface area (TPSA) is 118 Å². The van der Waals surface area contributed by atoms with E-state index in [0.717, 1.165) is 0 Å². The Morgan fingerprint density at radius 3 is 2.07 bits per heavy atom. The third-order valence-corrected chi connectivity index (χ3v) is 1.71. The van der Waals surface area contributed by atoms with E-state index in [2.05, 4.69) is 0 Å². The molecule has 0 aromatic carbocycles. The molecule has 0 aliphatic rings. The fourth-order valence-electron chi connectivity index (χ4n) is 0.787. The van der Waals surface area contributed by atoms with Gasteiger partial charge >= 0.3 is 0 Å². The van der Waals surface area contributed by atoms with Crippen LogP contribution in [0, 0.1) is 0 Å². The highest BCUT2D eigenvalue weighted by Gasteiger charge is 2.37. The molecule has 0 aliphatic carbocycles. The SMILES string of the molecule is [2H]CC(O)(C[2H])[C@@H](O)[C@@H](O)[C@H](O)[C@@H](O)C=O. The number of carbonyl (C=O) groups is 1. The molecule has 4 atom stereocenters. The predicted octanol–water partition coefficient (Wildman–Crippen LogP) is -2.60. The van der Waals surface area contributed by atoms with Crippen LogP contribution in [0.15, 0.2) is 0 Å². The van der Waals surface area contributed by atoms with Crippen LogP contribution in [0.1, 0.15) is 16.5 Å². The van der Waals surface area contributed by atoms with Gasteiger partial charge in [-0.1, -0.05) is 0 Å². The minimum Gasteiger partial charge on any atom is -0.388 e. The lowest BCUT2D eigenvalue weighted by Crippen LogP contribution is -2.53. The van der Waals surface area contributed by atoms with Crippen molar-refractivity contribution >= 4 is 6.29 Å². The smallest absolute Gasteiger partial charge is 0.151 e. The van der Waals surface area contributed by atoms with E-state index < -0.39 is 43.8 Å². The zero-order chi connectivity index (χ0) is 12.9. The molecule has 0 aromatic rings. The van der Waals surface area contributed by atoms with Crippen molar-refractivity contribution in [3.8, 4) is 0 Å². The lowest BCUT2D eigenvalue weighted by Gasteiger charge is -2.31. The minimum absolute atomic E-state index is 0.0406. The van der Waals surface area contributed by atoms with E-state index in [1.54, 1.807) is 0 Å². The summed E-state index contributed by atoms with van der Waals surface area (Å²) in [6, 6.07) is 0. The summed E-state index contributed by atoms with van der Waals surface area (Å²) in [5, 5.41) is 46.3. The Morgan fingerprint density at radius 1 is 1.21 bits per heavy atom. The van der Waals surface area contributed by atoms with Crippen LogP contribution >= 0.6 is 0 Å². The van der Waals surface area contributed by atoms with Crippen LogP contribution in [0.3, 0.4) is 0 Å². The van der Waals surface area contributed by atoms with E-state index in [1.807, 2.05) is 0 Å². The molecule has 0 bridgehead atoms. The third-order valence-electron chi connectivity index (χ3n) is 1.71. The first-order valence-corrected chi connectivity index (χ1v) is 3.82. The molecule has 0 heterocycles. The Bertz CT molecular complexity index is 223. The van der Waals surface area contributed by atoms with Gasteiger partial charge in [-0.25, -0.2) is 0 Å². The van der Waals surface area contributed by atoms with Crippen LogP contribution in [0.2, 0.25) is 0 Å². The van der Waals surface area contributed by atoms with Gasteiger partial charge in [0.05, 0.1) is 5.60 Å². The molecule has 0 radical (unpaired) electrons. The van der Waals surface area contributed by atoms with Crippen LogP contribution in [-0.2, 0) is 4.79 Å². The summed E-state index contributed by atoms with van der Waals surface area (Å²) in [7, 11) is 0. The quantitative estimate of drug-likeness (QED) is 0.317. The van der Waals surface area contributed by atoms with Crippen molar-refractivity contribution < 1.29 is 33.1 Å².